The fraction of sp³-hybridized carbons (Fsp3) is 0.667. The first-order valence-electron chi connectivity index (χ1n) is 9.98. The highest BCUT2D eigenvalue weighted by Gasteiger charge is 2.47. The van der Waals surface area contributed by atoms with Gasteiger partial charge < -0.3 is 48.7 Å². The van der Waals surface area contributed by atoms with E-state index in [9.17, 15) is 44.1 Å². The van der Waals surface area contributed by atoms with Crippen molar-refractivity contribution >= 4 is 26.8 Å². The van der Waals surface area contributed by atoms with E-state index in [4.69, 9.17) is 9.47 Å². The molecule has 0 radical (unpaired) electrons. The lowest BCUT2D eigenvalue weighted by atomic mass is 10.1. The number of phosphoric ester groups is 2. The largest absolute Gasteiger partial charge is 0.756 e. The molecule has 0 saturated carbocycles. The van der Waals surface area contributed by atoms with Gasteiger partial charge in [-0.2, -0.15) is 0 Å². The summed E-state index contributed by atoms with van der Waals surface area (Å²) in [6.45, 7) is -1.95. The standard InChI is InChI=1S/C15H20N4O14P2/c20-8-5-1-29-34(25,26)33-35(27,28)30-2-6-9(21)11(23)15(32-6)19-4-17-12-7(13(19)24)16-3-18(12)14(31-5)10(8)22/h3-6,8-11,14-15,20-23H,1-2H2,(H,25,26)(H,27,28)/p-2/t5-,6-,8-,9-,10-,11-,14-,15-/m1/s1. The van der Waals surface area contributed by atoms with Crippen LogP contribution in [0.5, 0.6) is 0 Å². The van der Waals surface area contributed by atoms with Gasteiger partial charge in [-0.25, -0.2) is 14.3 Å². The fourth-order valence-electron chi connectivity index (χ4n) is 3.98. The first-order valence-corrected chi connectivity index (χ1v) is 12.9. The molecule has 8 bridgehead atoms. The zero-order valence-corrected chi connectivity index (χ0v) is 19.0. The van der Waals surface area contributed by atoms with E-state index in [0.29, 0.717) is 0 Å². The van der Waals surface area contributed by atoms with Gasteiger partial charge in [-0.1, -0.05) is 0 Å². The van der Waals surface area contributed by atoms with Crippen LogP contribution in [0.15, 0.2) is 17.4 Å². The molecule has 4 N–H and O–H groups in total. The number of hydrogen-bond donors (Lipinski definition) is 4. The zero-order valence-electron chi connectivity index (χ0n) is 17.2. The van der Waals surface area contributed by atoms with Crippen LogP contribution in [0.25, 0.3) is 11.2 Å². The fourth-order valence-corrected chi connectivity index (χ4v) is 6.00. The van der Waals surface area contributed by atoms with E-state index in [1.165, 1.54) is 0 Å². The summed E-state index contributed by atoms with van der Waals surface area (Å²) in [5.74, 6) is 0. The van der Waals surface area contributed by atoms with Crippen LogP contribution in [0.2, 0.25) is 0 Å². The summed E-state index contributed by atoms with van der Waals surface area (Å²) in [4.78, 5) is 45.0. The number of imidazole rings is 1. The third-order valence-corrected chi connectivity index (χ3v) is 8.26. The van der Waals surface area contributed by atoms with Crippen LogP contribution >= 0.6 is 15.6 Å². The van der Waals surface area contributed by atoms with E-state index in [0.717, 1.165) is 21.8 Å². The molecule has 35 heavy (non-hydrogen) atoms. The average molecular weight is 540 g/mol. The van der Waals surface area contributed by atoms with E-state index < -0.39 is 83.5 Å². The summed E-state index contributed by atoms with van der Waals surface area (Å²) in [5.41, 5.74) is -1.18. The van der Waals surface area contributed by atoms with Crippen molar-refractivity contribution in [1.82, 2.24) is 19.1 Å². The maximum Gasteiger partial charge on any atom is 0.283 e. The second-order valence-corrected chi connectivity index (χ2v) is 10.9. The topological polar surface area (TPSA) is 260 Å². The molecule has 2 aromatic heterocycles. The van der Waals surface area contributed by atoms with Gasteiger partial charge in [0.2, 0.25) is 0 Å². The monoisotopic (exact) mass is 540 g/mol. The highest BCUT2D eigenvalue weighted by Crippen LogP contribution is 2.56. The Morgan fingerprint density at radius 3 is 1.86 bits per heavy atom. The Kier molecular flexibility index (Phi) is 6.25. The van der Waals surface area contributed by atoms with Crippen molar-refractivity contribution in [3.8, 4) is 0 Å². The lowest BCUT2D eigenvalue weighted by molar-refractivity contribution is -0.246. The highest BCUT2D eigenvalue weighted by molar-refractivity contribution is 7.59. The summed E-state index contributed by atoms with van der Waals surface area (Å²) in [7, 11) is -11.2. The van der Waals surface area contributed by atoms with Crippen molar-refractivity contribution in [2.75, 3.05) is 13.2 Å². The minimum absolute atomic E-state index is 0.0942. The average Bonchev–Trinajstić information content (AvgIpc) is 3.41. The number of aliphatic hydroxyl groups is 4. The number of nitrogens with zero attached hydrogens (tertiary/aromatic N) is 4. The number of ether oxygens (including phenoxy) is 2. The Bertz CT molecular complexity index is 1280. The van der Waals surface area contributed by atoms with E-state index >= 15 is 0 Å². The Labute approximate surface area is 194 Å². The van der Waals surface area contributed by atoms with Crippen molar-refractivity contribution in [3.63, 3.8) is 0 Å². The number of aromatic nitrogens is 4. The molecule has 18 nitrogen and oxygen atoms in total. The third kappa shape index (κ3) is 4.40. The van der Waals surface area contributed by atoms with Crippen LogP contribution in [0.3, 0.4) is 0 Å². The van der Waals surface area contributed by atoms with E-state index in [2.05, 4.69) is 23.3 Å². The molecule has 6 rings (SSSR count). The minimum Gasteiger partial charge on any atom is -0.756 e. The molecule has 4 aliphatic heterocycles. The highest BCUT2D eigenvalue weighted by atomic mass is 31.3. The molecule has 2 saturated heterocycles. The van der Waals surface area contributed by atoms with Gasteiger partial charge in [0.25, 0.3) is 21.2 Å². The molecule has 6 heterocycles. The number of rotatable bonds is 0. The van der Waals surface area contributed by atoms with Crippen LogP contribution < -0.4 is 15.3 Å². The summed E-state index contributed by atoms with van der Waals surface area (Å²) in [6.07, 6.45) is -10.8. The molecule has 2 unspecified atom stereocenters. The number of hydrogen-bond acceptors (Lipinski definition) is 16. The lowest BCUT2D eigenvalue weighted by Gasteiger charge is -2.32. The van der Waals surface area contributed by atoms with Crippen LogP contribution in [0.1, 0.15) is 12.5 Å². The number of aliphatic hydroxyl groups excluding tert-OH is 4. The normalized spacial score (nSPS) is 44.6. The van der Waals surface area contributed by atoms with Crippen LogP contribution in [-0.4, -0.2) is 89.4 Å². The summed E-state index contributed by atoms with van der Waals surface area (Å²) in [6, 6.07) is 0. The molecule has 0 aliphatic carbocycles. The predicted molar refractivity (Wildman–Crippen MR) is 102 cm³/mol. The van der Waals surface area contributed by atoms with Gasteiger partial charge in [0.1, 0.15) is 43.0 Å². The van der Waals surface area contributed by atoms with Gasteiger partial charge in [-0.05, 0) is 0 Å². The van der Waals surface area contributed by atoms with E-state index in [-0.39, 0.29) is 11.2 Å². The lowest BCUT2D eigenvalue weighted by Crippen LogP contribution is -2.36. The second kappa shape index (κ2) is 8.74. The number of phosphoric acid groups is 2. The molecular formula is C15H18N4O14P2-2. The van der Waals surface area contributed by atoms with Crippen LogP contribution in [0, 0.1) is 0 Å². The maximum atomic E-state index is 13.0. The maximum absolute atomic E-state index is 13.0. The first kappa shape index (κ1) is 25.0. The van der Waals surface area contributed by atoms with Crippen molar-refractivity contribution in [1.29, 1.82) is 0 Å². The van der Waals surface area contributed by atoms with Crippen molar-refractivity contribution in [2.45, 2.75) is 49.1 Å². The molecule has 2 fully saturated rings. The van der Waals surface area contributed by atoms with Gasteiger partial charge >= 0.3 is 0 Å². The zero-order chi connectivity index (χ0) is 25.3. The number of fused-ring (bicyclic) bond motifs is 7. The Morgan fingerprint density at radius 1 is 0.829 bits per heavy atom. The molecule has 2 aromatic rings. The second-order valence-electron chi connectivity index (χ2n) is 7.94. The first-order chi connectivity index (χ1) is 16.4. The smallest absolute Gasteiger partial charge is 0.283 e. The Hall–Kier alpha value is -1.63. The molecule has 4 aliphatic rings. The van der Waals surface area contributed by atoms with Crippen molar-refractivity contribution < 1.29 is 62.2 Å². The third-order valence-electron chi connectivity index (χ3n) is 5.73. The van der Waals surface area contributed by atoms with Gasteiger partial charge in [0.05, 0.1) is 19.5 Å². The Balaban J connectivity index is 1.58. The predicted octanol–water partition coefficient (Wildman–Crippen LogP) is -4.17. The summed E-state index contributed by atoms with van der Waals surface area (Å²) >= 11 is 0. The van der Waals surface area contributed by atoms with Crippen molar-refractivity contribution in [2.24, 2.45) is 0 Å². The molecule has 0 amide bonds. The molecule has 10 atom stereocenters. The quantitative estimate of drug-likeness (QED) is 0.231. The van der Waals surface area contributed by atoms with Crippen LogP contribution in [0.4, 0.5) is 0 Å². The van der Waals surface area contributed by atoms with E-state index in [1.807, 2.05) is 0 Å². The summed E-state index contributed by atoms with van der Waals surface area (Å²) < 4.78 is 49.6. The molecule has 20 heteroatoms. The SMILES string of the molecule is O=c1c2ncn3c2ncn1[C@@H]1O[C@H](COP(=O)([O-])OP(=O)([O-])OC[C@H]2O[C@@H]3[C@H](O)[C@@H]2O)[C@@H](O)[C@H]1O. The van der Waals surface area contributed by atoms with Gasteiger partial charge in [-0.3, -0.25) is 23.1 Å². The minimum atomic E-state index is -5.60. The Morgan fingerprint density at radius 2 is 1.31 bits per heavy atom. The van der Waals surface area contributed by atoms with Crippen molar-refractivity contribution in [3.05, 3.63) is 23.0 Å². The van der Waals surface area contributed by atoms with E-state index in [1.54, 1.807) is 0 Å². The van der Waals surface area contributed by atoms with Gasteiger partial charge in [-0.15, -0.1) is 0 Å². The molecular weight excluding hydrogens is 522 g/mol. The molecule has 194 valence electrons. The molecule has 0 spiro atoms. The summed E-state index contributed by atoms with van der Waals surface area (Å²) in [5, 5.41) is 41.3. The van der Waals surface area contributed by atoms with Gasteiger partial charge in [0.15, 0.2) is 23.6 Å². The van der Waals surface area contributed by atoms with Gasteiger partial charge in [0, 0.05) is 0 Å². The van der Waals surface area contributed by atoms with Crippen LogP contribution in [-0.2, 0) is 32.0 Å². The molecule has 0 aromatic carbocycles.